The summed E-state index contributed by atoms with van der Waals surface area (Å²) in [6, 6.07) is 6.30. The number of rotatable bonds is 9. The highest BCUT2D eigenvalue weighted by Gasteiger charge is 2.48. The fraction of sp³-hybridized carbons (Fsp3) is 0.419. The number of carbonyl (C=O) groups excluding carboxylic acids is 1. The molecule has 1 amide bonds. The molecule has 3 aromatic heterocycles. The Morgan fingerprint density at radius 1 is 1.18 bits per heavy atom. The van der Waals surface area contributed by atoms with Gasteiger partial charge in [0.05, 0.1) is 41.0 Å². The number of anilines is 1. The lowest BCUT2D eigenvalue weighted by atomic mass is 9.96. The molecule has 6 atom stereocenters. The van der Waals surface area contributed by atoms with Crippen molar-refractivity contribution >= 4 is 34.4 Å². The van der Waals surface area contributed by atoms with Crippen LogP contribution in [-0.4, -0.2) is 99.4 Å². The van der Waals surface area contributed by atoms with Crippen LogP contribution in [0.1, 0.15) is 38.1 Å². The number of nitrogens with zero attached hydrogens (tertiary/aromatic N) is 8. The van der Waals surface area contributed by atoms with Crippen molar-refractivity contribution in [2.45, 2.75) is 68.9 Å². The monoisotopic (exact) mass is 676 g/mol. The molecule has 2 fully saturated rings. The van der Waals surface area contributed by atoms with Crippen molar-refractivity contribution in [2.24, 2.45) is 5.92 Å². The number of nitriles is 1. The molecule has 4 heterocycles. The number of benzene rings is 1. The molecule has 1 saturated heterocycles. The molecule has 18 nitrogen and oxygen atoms in total. The predicted molar refractivity (Wildman–Crippen MR) is 167 cm³/mol. The van der Waals surface area contributed by atoms with Crippen molar-refractivity contribution in [1.29, 1.82) is 5.26 Å². The molecule has 256 valence electrons. The van der Waals surface area contributed by atoms with Gasteiger partial charge in [-0.2, -0.15) is 10.4 Å². The van der Waals surface area contributed by atoms with Gasteiger partial charge in [0.2, 0.25) is 6.29 Å². The molecule has 2 aliphatic rings. The van der Waals surface area contributed by atoms with Gasteiger partial charge in [-0.25, -0.2) is 19.6 Å². The van der Waals surface area contributed by atoms with Gasteiger partial charge in [0.15, 0.2) is 11.8 Å². The van der Waals surface area contributed by atoms with Gasteiger partial charge < -0.3 is 29.9 Å². The van der Waals surface area contributed by atoms with Crippen LogP contribution in [0.25, 0.3) is 22.3 Å². The average molecular weight is 677 g/mol. The Labute approximate surface area is 277 Å². The van der Waals surface area contributed by atoms with Crippen LogP contribution in [-0.2, 0) is 9.53 Å². The highest BCUT2D eigenvalue weighted by molar-refractivity contribution is 6.02. The largest absolute Gasteiger partial charge is 0.479 e. The summed E-state index contributed by atoms with van der Waals surface area (Å²) in [4.78, 5) is 46.2. The van der Waals surface area contributed by atoms with E-state index in [2.05, 4.69) is 21.1 Å². The number of hydrogen-bond donors (Lipinski definition) is 4. The fourth-order valence-electron chi connectivity index (χ4n) is 6.41. The van der Waals surface area contributed by atoms with E-state index in [0.29, 0.717) is 29.0 Å². The van der Waals surface area contributed by atoms with Crippen molar-refractivity contribution < 1.29 is 44.4 Å². The maximum absolute atomic E-state index is 13.9. The number of aliphatic hydroxyl groups excluding tert-OH is 3. The molecule has 0 radical (unpaired) electrons. The number of nitro benzene ring substituents is 1. The minimum Gasteiger partial charge on any atom is -0.479 e. The molecule has 6 rings (SSSR count). The Bertz CT molecular complexity index is 1930. The van der Waals surface area contributed by atoms with E-state index in [9.17, 15) is 45.4 Å². The topological polar surface area (TPSA) is 252 Å². The van der Waals surface area contributed by atoms with Crippen molar-refractivity contribution in [2.75, 3.05) is 11.9 Å². The second-order valence-electron chi connectivity index (χ2n) is 11.9. The number of fused-ring (bicyclic) bond motifs is 1. The van der Waals surface area contributed by atoms with Crippen molar-refractivity contribution in [1.82, 2.24) is 24.3 Å². The Morgan fingerprint density at radius 2 is 1.94 bits per heavy atom. The van der Waals surface area contributed by atoms with Gasteiger partial charge in [0, 0.05) is 42.5 Å². The number of aliphatic hydroxyl groups is 3. The normalized spacial score (nSPS) is 23.2. The molecule has 49 heavy (non-hydrogen) atoms. The van der Waals surface area contributed by atoms with Gasteiger partial charge >= 0.3 is 12.0 Å². The predicted octanol–water partition coefficient (Wildman–Crippen LogP) is 2.22. The first-order valence-electron chi connectivity index (χ1n) is 15.4. The average Bonchev–Trinajstić information content (AvgIpc) is 3.88. The molecule has 1 aliphatic heterocycles. The van der Waals surface area contributed by atoms with Gasteiger partial charge in [0.1, 0.15) is 30.4 Å². The second-order valence-corrected chi connectivity index (χ2v) is 11.9. The van der Waals surface area contributed by atoms with E-state index >= 15 is 0 Å². The maximum Gasteiger partial charge on any atom is 0.335 e. The Hall–Kier alpha value is -5.48. The van der Waals surface area contributed by atoms with E-state index < -0.39 is 53.3 Å². The van der Waals surface area contributed by atoms with Gasteiger partial charge in [0.25, 0.3) is 5.69 Å². The number of carboxylic acid groups (broad SMARTS) is 1. The lowest BCUT2D eigenvalue weighted by molar-refractivity contribution is -0.384. The number of amides is 1. The summed E-state index contributed by atoms with van der Waals surface area (Å²) >= 11 is 0. The number of carboxylic acids is 1. The third-order valence-electron chi connectivity index (χ3n) is 9.00. The van der Waals surface area contributed by atoms with Crippen LogP contribution < -0.4 is 9.64 Å². The molecule has 0 spiro atoms. The van der Waals surface area contributed by atoms with Crippen LogP contribution in [0.4, 0.5) is 16.2 Å². The summed E-state index contributed by atoms with van der Waals surface area (Å²) < 4.78 is 13.9. The zero-order valence-electron chi connectivity index (χ0n) is 26.0. The summed E-state index contributed by atoms with van der Waals surface area (Å²) in [6.45, 7) is 0. The molecule has 1 unspecified atom stereocenters. The number of aliphatic carboxylic acids is 1. The number of non-ortho nitro benzene ring substituents is 1. The van der Waals surface area contributed by atoms with E-state index in [1.807, 2.05) is 6.20 Å². The number of nitro groups is 1. The molecule has 1 aliphatic carbocycles. The summed E-state index contributed by atoms with van der Waals surface area (Å²) in [6.07, 6.45) is 1.14. The molecule has 4 aromatic rings. The number of hydrogen-bond acceptors (Lipinski definition) is 13. The number of ether oxygens (including phenoxy) is 2. The van der Waals surface area contributed by atoms with Crippen molar-refractivity contribution in [3.63, 3.8) is 0 Å². The van der Waals surface area contributed by atoms with Gasteiger partial charge in [-0.3, -0.25) is 24.3 Å². The van der Waals surface area contributed by atoms with Gasteiger partial charge in [-0.15, -0.1) is 0 Å². The SMILES string of the molecule is CN(C(=O)n1ccc2c(-c3cnn(C(CC#N)C4CCCC4)c3)ncnc21)c1cc([N+](=O)[O-])ccc1O[C@@H]1O[C@H](C(=O)O)[C@@H](O)[C@H](O)[C@H]1O. The highest BCUT2D eigenvalue weighted by Crippen LogP contribution is 2.38. The first-order chi connectivity index (χ1) is 23.5. The molecule has 1 saturated carbocycles. The summed E-state index contributed by atoms with van der Waals surface area (Å²) in [7, 11) is 1.31. The van der Waals surface area contributed by atoms with Crippen LogP contribution in [0.2, 0.25) is 0 Å². The first kappa shape index (κ1) is 33.4. The highest BCUT2D eigenvalue weighted by atomic mass is 16.7. The summed E-state index contributed by atoms with van der Waals surface area (Å²) in [5.74, 6) is -1.53. The molecular formula is C31H32N8O10. The van der Waals surface area contributed by atoms with Gasteiger partial charge in [-0.05, 0) is 30.9 Å². The molecule has 18 heteroatoms. The third-order valence-corrected chi connectivity index (χ3v) is 9.00. The fourth-order valence-corrected chi connectivity index (χ4v) is 6.41. The quantitative estimate of drug-likeness (QED) is 0.147. The van der Waals surface area contributed by atoms with Crippen molar-refractivity contribution in [3.8, 4) is 23.1 Å². The molecular weight excluding hydrogens is 644 g/mol. The molecule has 0 bridgehead atoms. The standard InChI is InChI=1S/C31H32N8O10/c1-36(21-12-18(39(46)47)6-7-22(21)48-30-26(42)24(40)25(41)27(49-30)29(43)44)31(45)37-11-9-19-23(33-15-34-28(19)37)17-13-35-38(14-17)20(8-10-32)16-4-2-3-5-16/h6-7,9,11-16,20,24-27,30,40-42H,2-5,8H2,1H3,(H,43,44)/t20?,24-,25-,26+,27-,30+/m0/s1. The minimum absolute atomic E-state index is 0.0757. The van der Waals surface area contributed by atoms with Crippen LogP contribution in [0.15, 0.2) is 49.2 Å². The van der Waals surface area contributed by atoms with Crippen LogP contribution in [0, 0.1) is 27.4 Å². The number of carbonyl (C=O) groups is 2. The van der Waals surface area contributed by atoms with Crippen LogP contribution >= 0.6 is 0 Å². The van der Waals surface area contributed by atoms with E-state index in [0.717, 1.165) is 48.8 Å². The summed E-state index contributed by atoms with van der Waals surface area (Å²) in [5.41, 5.74) is 0.760. The number of aromatic nitrogens is 5. The lowest BCUT2D eigenvalue weighted by Gasteiger charge is -2.38. The van der Waals surface area contributed by atoms with E-state index in [-0.39, 0.29) is 23.1 Å². The summed E-state index contributed by atoms with van der Waals surface area (Å²) in [5, 5.41) is 66.3. The van der Waals surface area contributed by atoms with Gasteiger partial charge in [-0.1, -0.05) is 12.8 Å². The Balaban J connectivity index is 1.31. The Morgan fingerprint density at radius 3 is 2.63 bits per heavy atom. The second kappa shape index (κ2) is 13.6. The zero-order chi connectivity index (χ0) is 35.0. The smallest absolute Gasteiger partial charge is 0.335 e. The van der Waals surface area contributed by atoms with E-state index in [1.165, 1.54) is 24.1 Å². The first-order valence-corrected chi connectivity index (χ1v) is 15.4. The minimum atomic E-state index is -1.97. The van der Waals surface area contributed by atoms with Crippen LogP contribution in [0.3, 0.4) is 0 Å². The van der Waals surface area contributed by atoms with Crippen molar-refractivity contribution in [3.05, 3.63) is 59.3 Å². The Kier molecular flexibility index (Phi) is 9.25. The third kappa shape index (κ3) is 6.27. The molecule has 4 N–H and O–H groups in total. The van der Waals surface area contributed by atoms with E-state index in [1.54, 1.807) is 16.9 Å². The maximum atomic E-state index is 13.9. The zero-order valence-corrected chi connectivity index (χ0v) is 26.0. The van der Waals surface area contributed by atoms with Crippen LogP contribution in [0.5, 0.6) is 5.75 Å². The lowest BCUT2D eigenvalue weighted by Crippen LogP contribution is -2.61. The van der Waals surface area contributed by atoms with E-state index in [4.69, 9.17) is 9.47 Å². The molecule has 1 aromatic carbocycles.